The number of carbonyl (C=O) groups is 1. The Morgan fingerprint density at radius 1 is 1.67 bits per heavy atom. The molecule has 2 fully saturated rings. The van der Waals surface area contributed by atoms with Crippen LogP contribution >= 0.6 is 11.8 Å². The molecule has 2 saturated heterocycles. The molecule has 2 rings (SSSR count). The van der Waals surface area contributed by atoms with Crippen molar-refractivity contribution in [3.63, 3.8) is 0 Å². The Morgan fingerprint density at radius 3 is 3.00 bits per heavy atom. The van der Waals surface area contributed by atoms with E-state index in [1.54, 1.807) is 11.8 Å². The molecule has 0 spiro atoms. The second-order valence-electron chi connectivity index (χ2n) is 5.38. The number of rotatable bonds is 2. The maximum Gasteiger partial charge on any atom is 0.238 e. The lowest BCUT2D eigenvalue weighted by atomic mass is 9.92. The topological polar surface area (TPSA) is 52.9 Å². The summed E-state index contributed by atoms with van der Waals surface area (Å²) >= 11 is 1.79. The summed E-state index contributed by atoms with van der Waals surface area (Å²) in [5, 5.41) is 12.3. The van der Waals surface area contributed by atoms with Gasteiger partial charge >= 0.3 is 0 Å². The summed E-state index contributed by atoms with van der Waals surface area (Å²) in [7, 11) is 0. The molecule has 0 bridgehead atoms. The summed E-state index contributed by atoms with van der Waals surface area (Å²) < 4.78 is -0.216. The molecule has 0 aromatic heterocycles. The molecule has 1 amide bonds. The molecule has 2 aliphatic rings. The molecular formula is C13H22N2O2S. The molecule has 18 heavy (non-hydrogen) atoms. The minimum atomic E-state index is -0.216. The van der Waals surface area contributed by atoms with Gasteiger partial charge in [-0.25, -0.2) is 0 Å². The van der Waals surface area contributed by atoms with E-state index in [1.807, 2.05) is 4.90 Å². The first-order chi connectivity index (χ1) is 8.60. The van der Waals surface area contributed by atoms with Crippen molar-refractivity contribution in [1.82, 2.24) is 4.90 Å². The van der Waals surface area contributed by atoms with Crippen molar-refractivity contribution in [2.24, 2.45) is 11.1 Å². The monoisotopic (exact) mass is 270 g/mol. The van der Waals surface area contributed by atoms with Crippen LogP contribution in [0, 0.1) is 5.92 Å². The minimum absolute atomic E-state index is 0.216. The van der Waals surface area contributed by atoms with E-state index in [0.29, 0.717) is 19.5 Å². The van der Waals surface area contributed by atoms with Crippen molar-refractivity contribution in [2.45, 2.75) is 44.3 Å². The van der Waals surface area contributed by atoms with E-state index in [0.717, 1.165) is 30.7 Å². The lowest BCUT2D eigenvalue weighted by Gasteiger charge is -2.37. The fourth-order valence-electron chi connectivity index (χ4n) is 2.88. The Morgan fingerprint density at radius 2 is 2.44 bits per heavy atom. The molecule has 1 N–H and O–H groups in total. The van der Waals surface area contributed by atoms with Crippen molar-refractivity contribution in [2.75, 3.05) is 18.8 Å². The average molecular weight is 270 g/mol. The van der Waals surface area contributed by atoms with Gasteiger partial charge in [-0.2, -0.15) is 0 Å². The minimum Gasteiger partial charge on any atom is -0.411 e. The van der Waals surface area contributed by atoms with E-state index < -0.39 is 0 Å². The molecule has 2 unspecified atom stereocenters. The zero-order valence-corrected chi connectivity index (χ0v) is 12.0. The molecular weight excluding hydrogens is 248 g/mol. The smallest absolute Gasteiger partial charge is 0.238 e. The first-order valence-corrected chi connectivity index (χ1v) is 7.73. The standard InChI is InChI=1S/C13H22N2O2S/c1-3-10-9-15(7-5-11(10)14-17)12(16)13(2)6-4-8-18-13/h10,17H,3-9H2,1-2H3. The summed E-state index contributed by atoms with van der Waals surface area (Å²) in [6.45, 7) is 5.56. The summed E-state index contributed by atoms with van der Waals surface area (Å²) in [6.07, 6.45) is 3.76. The first-order valence-electron chi connectivity index (χ1n) is 6.75. The van der Waals surface area contributed by atoms with Crippen LogP contribution in [0.25, 0.3) is 0 Å². The third-order valence-electron chi connectivity index (χ3n) is 4.13. The van der Waals surface area contributed by atoms with E-state index in [9.17, 15) is 4.79 Å². The molecule has 4 nitrogen and oxygen atoms in total. The fraction of sp³-hybridized carbons (Fsp3) is 0.846. The molecule has 2 atom stereocenters. The SMILES string of the molecule is CCC1CN(C(=O)C2(C)CCCS2)CCC1=NO. The van der Waals surface area contributed by atoms with Crippen LogP contribution < -0.4 is 0 Å². The van der Waals surface area contributed by atoms with Gasteiger partial charge in [-0.1, -0.05) is 12.1 Å². The summed E-state index contributed by atoms with van der Waals surface area (Å²) in [5.41, 5.74) is 0.853. The molecule has 0 radical (unpaired) electrons. The number of hydrogen-bond acceptors (Lipinski definition) is 4. The van der Waals surface area contributed by atoms with Crippen molar-refractivity contribution >= 4 is 23.4 Å². The van der Waals surface area contributed by atoms with Gasteiger partial charge in [0.15, 0.2) is 0 Å². The molecule has 2 heterocycles. The van der Waals surface area contributed by atoms with E-state index in [2.05, 4.69) is 19.0 Å². The number of oxime groups is 1. The Kier molecular flexibility index (Phi) is 4.20. The van der Waals surface area contributed by atoms with E-state index >= 15 is 0 Å². The zero-order valence-electron chi connectivity index (χ0n) is 11.2. The predicted octanol–water partition coefficient (Wildman–Crippen LogP) is 2.36. The van der Waals surface area contributed by atoms with Crippen LogP contribution in [-0.4, -0.2) is 45.3 Å². The van der Waals surface area contributed by atoms with Crippen LogP contribution in [0.3, 0.4) is 0 Å². The van der Waals surface area contributed by atoms with E-state index in [-0.39, 0.29) is 16.6 Å². The Labute approximate surface area is 113 Å². The first kappa shape index (κ1) is 13.7. The van der Waals surface area contributed by atoms with Gasteiger partial charge in [-0.15, -0.1) is 11.8 Å². The lowest BCUT2D eigenvalue weighted by Crippen LogP contribution is -2.50. The summed E-state index contributed by atoms with van der Waals surface area (Å²) in [4.78, 5) is 14.6. The van der Waals surface area contributed by atoms with Crippen LogP contribution in [0.15, 0.2) is 5.16 Å². The zero-order chi connectivity index (χ0) is 13.2. The van der Waals surface area contributed by atoms with Crippen molar-refractivity contribution < 1.29 is 10.0 Å². The highest BCUT2D eigenvalue weighted by molar-refractivity contribution is 8.01. The van der Waals surface area contributed by atoms with Crippen LogP contribution in [0.1, 0.15) is 39.5 Å². The van der Waals surface area contributed by atoms with Crippen LogP contribution in [0.5, 0.6) is 0 Å². The van der Waals surface area contributed by atoms with E-state index in [1.165, 1.54) is 0 Å². The highest BCUT2D eigenvalue weighted by Crippen LogP contribution is 2.39. The number of nitrogens with zero attached hydrogens (tertiary/aromatic N) is 2. The Balaban J connectivity index is 2.04. The van der Waals surface area contributed by atoms with Crippen LogP contribution in [0.4, 0.5) is 0 Å². The van der Waals surface area contributed by atoms with Gasteiger partial charge in [0.1, 0.15) is 0 Å². The quantitative estimate of drug-likeness (QED) is 0.619. The summed E-state index contributed by atoms with van der Waals surface area (Å²) in [6, 6.07) is 0. The van der Waals surface area contributed by atoms with Crippen molar-refractivity contribution in [3.05, 3.63) is 0 Å². The molecule has 2 aliphatic heterocycles. The molecule has 0 saturated carbocycles. The molecule has 102 valence electrons. The highest BCUT2D eigenvalue weighted by Gasteiger charge is 2.41. The fourth-order valence-corrected chi connectivity index (χ4v) is 4.16. The van der Waals surface area contributed by atoms with E-state index in [4.69, 9.17) is 5.21 Å². The maximum atomic E-state index is 12.6. The van der Waals surface area contributed by atoms with Crippen LogP contribution in [-0.2, 0) is 4.79 Å². The molecule has 0 aromatic carbocycles. The van der Waals surface area contributed by atoms with Gasteiger partial charge in [-0.05, 0) is 31.9 Å². The molecule has 5 heteroatoms. The van der Waals surface area contributed by atoms with Gasteiger partial charge in [0.05, 0.1) is 10.5 Å². The molecule has 0 aromatic rings. The Bertz CT molecular complexity index is 351. The number of amides is 1. The third-order valence-corrected chi connectivity index (χ3v) is 5.64. The number of hydrogen-bond donors (Lipinski definition) is 1. The second-order valence-corrected chi connectivity index (χ2v) is 6.98. The van der Waals surface area contributed by atoms with Gasteiger partial charge in [0.2, 0.25) is 5.91 Å². The lowest BCUT2D eigenvalue weighted by molar-refractivity contribution is -0.134. The predicted molar refractivity (Wildman–Crippen MR) is 74.3 cm³/mol. The highest BCUT2D eigenvalue weighted by atomic mass is 32.2. The number of likely N-dealkylation sites (tertiary alicyclic amines) is 1. The largest absolute Gasteiger partial charge is 0.411 e. The van der Waals surface area contributed by atoms with Crippen molar-refractivity contribution in [3.8, 4) is 0 Å². The number of thioether (sulfide) groups is 1. The second kappa shape index (κ2) is 5.51. The normalized spacial score (nSPS) is 35.1. The van der Waals surface area contributed by atoms with Crippen molar-refractivity contribution in [1.29, 1.82) is 0 Å². The van der Waals surface area contributed by atoms with Gasteiger partial charge < -0.3 is 10.1 Å². The van der Waals surface area contributed by atoms with Gasteiger partial charge in [0.25, 0.3) is 0 Å². The van der Waals surface area contributed by atoms with Gasteiger partial charge in [0, 0.05) is 25.4 Å². The van der Waals surface area contributed by atoms with Gasteiger partial charge in [-0.3, -0.25) is 4.79 Å². The number of piperidine rings is 1. The van der Waals surface area contributed by atoms with Crippen LogP contribution in [0.2, 0.25) is 0 Å². The Hall–Kier alpha value is -0.710. The molecule has 0 aliphatic carbocycles. The third kappa shape index (κ3) is 2.51. The average Bonchev–Trinajstić information content (AvgIpc) is 2.85. The summed E-state index contributed by atoms with van der Waals surface area (Å²) in [5.74, 6) is 1.60. The maximum absolute atomic E-state index is 12.6. The number of carbonyl (C=O) groups excluding carboxylic acids is 1.